The number of carbonyl (C=O) groups excluding carboxylic acids is 1. The van der Waals surface area contributed by atoms with E-state index in [4.69, 9.17) is 22.7 Å². The molecule has 1 atom stereocenters. The SMILES string of the molecule is Cc1cccc(NC(=O)NC2CCOC2)c1C(N)=S. The highest BCUT2D eigenvalue weighted by atomic mass is 32.1. The van der Waals surface area contributed by atoms with Crippen LogP contribution in [0.15, 0.2) is 18.2 Å². The molecule has 6 heteroatoms. The molecule has 1 saturated heterocycles. The highest BCUT2D eigenvalue weighted by Crippen LogP contribution is 2.19. The van der Waals surface area contributed by atoms with Gasteiger partial charge in [-0.2, -0.15) is 0 Å². The van der Waals surface area contributed by atoms with Crippen LogP contribution in [0.3, 0.4) is 0 Å². The number of aryl methyl sites for hydroxylation is 1. The number of nitrogens with one attached hydrogen (secondary N) is 2. The van der Waals surface area contributed by atoms with Gasteiger partial charge >= 0.3 is 6.03 Å². The van der Waals surface area contributed by atoms with Gasteiger partial charge in [-0.15, -0.1) is 0 Å². The van der Waals surface area contributed by atoms with E-state index in [1.54, 1.807) is 6.07 Å². The summed E-state index contributed by atoms with van der Waals surface area (Å²) in [5, 5.41) is 5.64. The smallest absolute Gasteiger partial charge is 0.319 e. The van der Waals surface area contributed by atoms with Gasteiger partial charge in [0, 0.05) is 12.2 Å². The number of ether oxygens (including phenoxy) is 1. The molecule has 1 aliphatic rings. The molecule has 102 valence electrons. The molecule has 5 nitrogen and oxygen atoms in total. The van der Waals surface area contributed by atoms with Crippen molar-refractivity contribution >= 4 is 28.9 Å². The molecule has 0 spiro atoms. The van der Waals surface area contributed by atoms with Crippen LogP contribution >= 0.6 is 12.2 Å². The third-order valence-electron chi connectivity index (χ3n) is 3.03. The zero-order chi connectivity index (χ0) is 13.8. The van der Waals surface area contributed by atoms with E-state index in [-0.39, 0.29) is 17.1 Å². The summed E-state index contributed by atoms with van der Waals surface area (Å²) in [5.41, 5.74) is 7.97. The third kappa shape index (κ3) is 3.42. The third-order valence-corrected chi connectivity index (χ3v) is 3.24. The van der Waals surface area contributed by atoms with Gasteiger partial charge in [0.1, 0.15) is 4.99 Å². The maximum atomic E-state index is 11.9. The van der Waals surface area contributed by atoms with Gasteiger partial charge in [-0.1, -0.05) is 24.4 Å². The molecule has 1 aliphatic heterocycles. The van der Waals surface area contributed by atoms with Crippen molar-refractivity contribution in [2.75, 3.05) is 18.5 Å². The number of amides is 2. The van der Waals surface area contributed by atoms with Crippen LogP contribution in [-0.4, -0.2) is 30.3 Å². The first-order valence-corrected chi connectivity index (χ1v) is 6.53. The van der Waals surface area contributed by atoms with E-state index >= 15 is 0 Å². The second-order valence-electron chi connectivity index (χ2n) is 4.52. The molecule has 0 aromatic heterocycles. The molecular formula is C13H17N3O2S. The normalized spacial score (nSPS) is 18.1. The Labute approximate surface area is 117 Å². The number of urea groups is 1. The molecular weight excluding hydrogens is 262 g/mol. The van der Waals surface area contributed by atoms with Gasteiger partial charge in [0.25, 0.3) is 0 Å². The second-order valence-corrected chi connectivity index (χ2v) is 4.96. The van der Waals surface area contributed by atoms with Gasteiger partial charge in [-0.05, 0) is 25.0 Å². The van der Waals surface area contributed by atoms with Crippen molar-refractivity contribution in [2.24, 2.45) is 5.73 Å². The van der Waals surface area contributed by atoms with E-state index < -0.39 is 0 Å². The number of hydrogen-bond acceptors (Lipinski definition) is 3. The maximum Gasteiger partial charge on any atom is 0.319 e. The molecule has 1 unspecified atom stereocenters. The zero-order valence-corrected chi connectivity index (χ0v) is 11.5. The van der Waals surface area contributed by atoms with Crippen molar-refractivity contribution in [3.8, 4) is 0 Å². The number of benzene rings is 1. The van der Waals surface area contributed by atoms with Gasteiger partial charge < -0.3 is 21.1 Å². The van der Waals surface area contributed by atoms with Crippen molar-refractivity contribution in [1.82, 2.24) is 5.32 Å². The minimum Gasteiger partial charge on any atom is -0.389 e. The average molecular weight is 279 g/mol. The molecule has 0 radical (unpaired) electrons. The van der Waals surface area contributed by atoms with E-state index in [1.165, 1.54) is 0 Å². The van der Waals surface area contributed by atoms with Crippen LogP contribution in [0, 0.1) is 6.92 Å². The Balaban J connectivity index is 2.07. The largest absolute Gasteiger partial charge is 0.389 e. The Kier molecular flexibility index (Phi) is 4.34. The van der Waals surface area contributed by atoms with Crippen molar-refractivity contribution < 1.29 is 9.53 Å². The summed E-state index contributed by atoms with van der Waals surface area (Å²) in [6, 6.07) is 5.34. The zero-order valence-electron chi connectivity index (χ0n) is 10.7. The number of carbonyl (C=O) groups is 1. The Morgan fingerprint density at radius 2 is 2.32 bits per heavy atom. The fourth-order valence-electron chi connectivity index (χ4n) is 2.09. The summed E-state index contributed by atoms with van der Waals surface area (Å²) in [6.07, 6.45) is 0.837. The van der Waals surface area contributed by atoms with Gasteiger partial charge in [0.05, 0.1) is 18.3 Å². The molecule has 0 saturated carbocycles. The van der Waals surface area contributed by atoms with E-state index in [0.717, 1.165) is 12.0 Å². The van der Waals surface area contributed by atoms with Crippen molar-refractivity contribution in [2.45, 2.75) is 19.4 Å². The summed E-state index contributed by atoms with van der Waals surface area (Å²) in [5.74, 6) is 0. The average Bonchev–Trinajstić information content (AvgIpc) is 2.81. The lowest BCUT2D eigenvalue weighted by molar-refractivity contribution is 0.189. The molecule has 4 N–H and O–H groups in total. The highest BCUT2D eigenvalue weighted by Gasteiger charge is 2.18. The summed E-state index contributed by atoms with van der Waals surface area (Å²) in [7, 11) is 0. The molecule has 0 aliphatic carbocycles. The van der Waals surface area contributed by atoms with Gasteiger partial charge in [0.15, 0.2) is 0 Å². The molecule has 2 amide bonds. The lowest BCUT2D eigenvalue weighted by Crippen LogP contribution is -2.38. The van der Waals surface area contributed by atoms with E-state index in [9.17, 15) is 4.79 Å². The molecule has 19 heavy (non-hydrogen) atoms. The van der Waals surface area contributed by atoms with Crippen LogP contribution in [0.5, 0.6) is 0 Å². The lowest BCUT2D eigenvalue weighted by Gasteiger charge is -2.15. The van der Waals surface area contributed by atoms with Crippen molar-refractivity contribution in [1.29, 1.82) is 0 Å². The molecule has 1 aromatic rings. The minimum absolute atomic E-state index is 0.0677. The first kappa shape index (κ1) is 13.8. The predicted octanol–water partition coefficient (Wildman–Crippen LogP) is 1.54. The van der Waals surface area contributed by atoms with Gasteiger partial charge in [-0.25, -0.2) is 4.79 Å². The summed E-state index contributed by atoms with van der Waals surface area (Å²) < 4.78 is 5.21. The van der Waals surface area contributed by atoms with Crippen LogP contribution in [0.4, 0.5) is 10.5 Å². The molecule has 1 aromatic carbocycles. The highest BCUT2D eigenvalue weighted by molar-refractivity contribution is 7.80. The van der Waals surface area contributed by atoms with Crippen LogP contribution in [-0.2, 0) is 4.74 Å². The number of hydrogen-bond donors (Lipinski definition) is 3. The van der Waals surface area contributed by atoms with Crippen LogP contribution < -0.4 is 16.4 Å². The molecule has 0 bridgehead atoms. The lowest BCUT2D eigenvalue weighted by atomic mass is 10.1. The first-order chi connectivity index (χ1) is 9.08. The quantitative estimate of drug-likeness (QED) is 0.734. The fourth-order valence-corrected chi connectivity index (χ4v) is 2.36. The number of rotatable bonds is 3. The van der Waals surface area contributed by atoms with Crippen LogP contribution in [0.2, 0.25) is 0 Å². The Hall–Kier alpha value is -1.66. The number of anilines is 1. The summed E-state index contributed by atoms with van der Waals surface area (Å²) >= 11 is 5.02. The van der Waals surface area contributed by atoms with Gasteiger partial charge in [-0.3, -0.25) is 0 Å². The van der Waals surface area contributed by atoms with Crippen molar-refractivity contribution in [3.63, 3.8) is 0 Å². The number of nitrogens with two attached hydrogens (primary N) is 1. The second kappa shape index (κ2) is 5.99. The molecule has 1 fully saturated rings. The van der Waals surface area contributed by atoms with E-state index in [1.807, 2.05) is 19.1 Å². The standard InChI is InChI=1S/C13H17N3O2S/c1-8-3-2-4-10(11(8)12(14)19)16-13(17)15-9-5-6-18-7-9/h2-4,9H,5-7H2,1H3,(H2,14,19)(H2,15,16,17). The maximum absolute atomic E-state index is 11.9. The fraction of sp³-hybridized carbons (Fsp3) is 0.385. The molecule has 1 heterocycles. The Bertz CT molecular complexity index is 499. The summed E-state index contributed by atoms with van der Waals surface area (Å²) in [6.45, 7) is 3.15. The summed E-state index contributed by atoms with van der Waals surface area (Å²) in [4.78, 5) is 12.2. The topological polar surface area (TPSA) is 76.4 Å². The van der Waals surface area contributed by atoms with Crippen molar-refractivity contribution in [3.05, 3.63) is 29.3 Å². The van der Waals surface area contributed by atoms with Gasteiger partial charge in [0.2, 0.25) is 0 Å². The molecule has 2 rings (SSSR count). The Morgan fingerprint density at radius 1 is 1.53 bits per heavy atom. The monoisotopic (exact) mass is 279 g/mol. The number of thiocarbonyl (C=S) groups is 1. The van der Waals surface area contributed by atoms with E-state index in [2.05, 4.69) is 10.6 Å². The Morgan fingerprint density at radius 3 is 2.95 bits per heavy atom. The first-order valence-electron chi connectivity index (χ1n) is 6.12. The van der Waals surface area contributed by atoms with Crippen LogP contribution in [0.25, 0.3) is 0 Å². The minimum atomic E-state index is -0.265. The van der Waals surface area contributed by atoms with Crippen LogP contribution in [0.1, 0.15) is 17.5 Å². The predicted molar refractivity (Wildman–Crippen MR) is 78.4 cm³/mol. The van der Waals surface area contributed by atoms with E-state index in [0.29, 0.717) is 24.5 Å².